The largest absolute Gasteiger partial charge is 0.488 e. The molecule has 0 saturated carbocycles. The van der Waals surface area contributed by atoms with Crippen LogP contribution in [0.5, 0.6) is 11.5 Å². The van der Waals surface area contributed by atoms with E-state index in [1.165, 1.54) is 11.1 Å². The van der Waals surface area contributed by atoms with Crippen molar-refractivity contribution in [2.75, 3.05) is 31.1 Å². The molecule has 3 aliphatic heterocycles. The van der Waals surface area contributed by atoms with Crippen LogP contribution in [0.1, 0.15) is 105 Å². The van der Waals surface area contributed by atoms with E-state index in [0.717, 1.165) is 67.5 Å². The van der Waals surface area contributed by atoms with Crippen LogP contribution in [0.4, 0.5) is 5.82 Å². The summed E-state index contributed by atoms with van der Waals surface area (Å²) >= 11 is 3.61. The maximum absolute atomic E-state index is 13.7. The first-order valence-electron chi connectivity index (χ1n) is 22.0. The Morgan fingerprint density at radius 3 is 2.29 bits per heavy atom. The van der Waals surface area contributed by atoms with Gasteiger partial charge in [-0.2, -0.15) is 0 Å². The minimum Gasteiger partial charge on any atom is -0.488 e. The van der Waals surface area contributed by atoms with Crippen LogP contribution in [0.15, 0.2) is 86.0 Å². The summed E-state index contributed by atoms with van der Waals surface area (Å²) in [4.78, 5) is 66.5. The minimum atomic E-state index is -0.643. The van der Waals surface area contributed by atoms with Crippen LogP contribution in [-0.2, 0) is 25.9 Å². The van der Waals surface area contributed by atoms with Crippen LogP contribution in [0.25, 0.3) is 11.1 Å². The highest BCUT2D eigenvalue weighted by Gasteiger charge is 2.38. The van der Waals surface area contributed by atoms with Gasteiger partial charge in [0.25, 0.3) is 22.9 Å². The summed E-state index contributed by atoms with van der Waals surface area (Å²) in [6.45, 7) is 22.4. The van der Waals surface area contributed by atoms with Gasteiger partial charge in [0, 0.05) is 95.7 Å². The monoisotopic (exact) mass is 941 g/mol. The number of nitrogens with one attached hydrogen (secondary N) is 5. The van der Waals surface area contributed by atoms with Crippen LogP contribution in [-0.4, -0.2) is 58.6 Å². The van der Waals surface area contributed by atoms with E-state index >= 15 is 0 Å². The summed E-state index contributed by atoms with van der Waals surface area (Å²) < 4.78 is 13.4. The molecule has 14 heteroatoms. The number of aromatic nitrogens is 3. The first kappa shape index (κ1) is 45.3. The molecule has 0 radical (unpaired) electrons. The molecular formula is C51H56BrN7O6. The van der Waals surface area contributed by atoms with Gasteiger partial charge < -0.3 is 40.3 Å². The predicted octanol–water partition coefficient (Wildman–Crippen LogP) is 7.67. The number of pyridine rings is 3. The van der Waals surface area contributed by atoms with Crippen LogP contribution in [0.2, 0.25) is 0 Å². The molecule has 6 heterocycles. The number of piperazine rings is 1. The third-order valence-electron chi connectivity index (χ3n) is 13.3. The van der Waals surface area contributed by atoms with Crippen molar-refractivity contribution < 1.29 is 19.1 Å². The van der Waals surface area contributed by atoms with Crippen molar-refractivity contribution in [2.45, 2.75) is 93.0 Å². The van der Waals surface area contributed by atoms with Gasteiger partial charge >= 0.3 is 0 Å². The van der Waals surface area contributed by atoms with Gasteiger partial charge in [0.1, 0.15) is 29.5 Å². The molecule has 0 bridgehead atoms. The Bertz CT molecular complexity index is 2930. The number of rotatable bonds is 10. The fraction of sp³-hybridized carbons (Fsp3) is 0.353. The van der Waals surface area contributed by atoms with Gasteiger partial charge in [-0.15, -0.1) is 0 Å². The maximum Gasteiger partial charge on any atom is 0.253 e. The number of aromatic amines is 2. The summed E-state index contributed by atoms with van der Waals surface area (Å²) in [5.74, 6) is 1.63. The Morgan fingerprint density at radius 1 is 0.908 bits per heavy atom. The highest BCUT2D eigenvalue weighted by Crippen LogP contribution is 2.45. The number of nitrogens with zero attached hydrogens (tertiary/aromatic N) is 2. The second-order valence-electron chi connectivity index (χ2n) is 18.0. The lowest BCUT2D eigenvalue weighted by Crippen LogP contribution is -2.47. The lowest BCUT2D eigenvalue weighted by molar-refractivity contribution is 0.0942. The Balaban J connectivity index is 1.01. The number of ether oxygens (including phenoxy) is 2. The molecule has 13 nitrogen and oxygen atoms in total. The fourth-order valence-electron chi connectivity index (χ4n) is 9.15. The summed E-state index contributed by atoms with van der Waals surface area (Å²) in [6.07, 6.45) is 3.05. The lowest BCUT2D eigenvalue weighted by atomic mass is 9.91. The summed E-state index contributed by atoms with van der Waals surface area (Å²) in [5, 5.41) is 9.61. The van der Waals surface area contributed by atoms with Crippen molar-refractivity contribution in [1.29, 1.82) is 0 Å². The number of H-pyrrole nitrogens is 2. The molecule has 0 aliphatic carbocycles. The van der Waals surface area contributed by atoms with E-state index in [2.05, 4.69) is 67.2 Å². The maximum atomic E-state index is 13.7. The Hall–Kier alpha value is -6.25. The Kier molecular flexibility index (Phi) is 12.5. The Morgan fingerprint density at radius 2 is 1.60 bits per heavy atom. The van der Waals surface area contributed by atoms with Gasteiger partial charge in [-0.1, -0.05) is 12.2 Å². The third-order valence-corrected chi connectivity index (χ3v) is 13.9. The molecule has 2 aromatic carbocycles. The molecular weight excluding hydrogens is 887 g/mol. The van der Waals surface area contributed by atoms with Gasteiger partial charge in [-0.25, -0.2) is 4.98 Å². The van der Waals surface area contributed by atoms with Gasteiger partial charge in [-0.05, 0) is 154 Å². The van der Waals surface area contributed by atoms with Crippen molar-refractivity contribution in [3.05, 3.63) is 159 Å². The number of halogens is 1. The quantitative estimate of drug-likeness (QED) is 0.0882. The smallest absolute Gasteiger partial charge is 0.253 e. The average Bonchev–Trinajstić information content (AvgIpc) is 3.55. The van der Waals surface area contributed by atoms with Crippen LogP contribution in [0, 0.1) is 27.7 Å². The number of hydrogen-bond donors (Lipinski definition) is 5. The van der Waals surface area contributed by atoms with Gasteiger partial charge in [0.15, 0.2) is 0 Å². The van der Waals surface area contributed by atoms with Gasteiger partial charge in [0.2, 0.25) is 0 Å². The number of carbonyl (C=O) groups excluding carboxylic acids is 2. The normalized spacial score (nSPS) is 18.0. The van der Waals surface area contributed by atoms with Gasteiger partial charge in [-0.3, -0.25) is 19.2 Å². The van der Waals surface area contributed by atoms with Crippen molar-refractivity contribution in [1.82, 2.24) is 30.9 Å². The third kappa shape index (κ3) is 9.06. The predicted molar refractivity (Wildman–Crippen MR) is 257 cm³/mol. The molecule has 5 aromatic rings. The van der Waals surface area contributed by atoms with Crippen molar-refractivity contribution in [3.8, 4) is 22.6 Å². The standard InChI is InChI=1S/C51H56BrN7O6/c1-26(2)51(9)20-37-17-35(47(60)55-22-39-28(4)14-30(6)57-49(39)62)18-38(45(37)65-51)33-10-11-43(54-21-33)59-13-12-53-42(24-59)44-31(7)40(50(63)58-32(44)8)23-56-48(61)36-16-34-15-27(3)29(5)25-64-46(34)41(52)19-36/h10-11,14,16-19,21,42,53H,1,12-13,15,20,22-25H2,2-9H3,(H,55,60)(H,56,61)(H,57,62)(H,58,63). The summed E-state index contributed by atoms with van der Waals surface area (Å²) in [6, 6.07) is 13.1. The molecule has 1 fully saturated rings. The molecule has 65 heavy (non-hydrogen) atoms. The summed E-state index contributed by atoms with van der Waals surface area (Å²) in [7, 11) is 0. The zero-order chi connectivity index (χ0) is 46.5. The zero-order valence-corrected chi connectivity index (χ0v) is 39.9. The minimum absolute atomic E-state index is 0.0595. The first-order valence-corrected chi connectivity index (χ1v) is 22.7. The SMILES string of the molecule is C=C(C)C1(C)Cc2cc(C(=O)NCc3c(C)cc(C)[nH]c3=O)cc(-c3ccc(N4CCNC(c5c(C)[nH]c(=O)c(CNC(=O)c6cc(Br)c7c(c6)CC(C)=C(C)CO7)c5C)C4)nc3)c2O1. The molecule has 0 spiro atoms. The number of hydrogen-bond acceptors (Lipinski definition) is 9. The number of benzene rings is 2. The first-order chi connectivity index (χ1) is 30.9. The molecule has 2 unspecified atom stereocenters. The molecule has 3 aromatic heterocycles. The van der Waals surface area contributed by atoms with Crippen LogP contribution < -0.4 is 41.4 Å². The number of fused-ring (bicyclic) bond motifs is 2. The molecule has 2 amide bonds. The molecule has 3 aliphatic rings. The van der Waals surface area contributed by atoms with E-state index in [1.54, 1.807) is 6.07 Å². The number of amides is 2. The number of aryl methyl sites for hydroxylation is 3. The highest BCUT2D eigenvalue weighted by atomic mass is 79.9. The van der Waals surface area contributed by atoms with E-state index in [0.29, 0.717) is 71.6 Å². The molecule has 8 rings (SSSR count). The van der Waals surface area contributed by atoms with Crippen molar-refractivity contribution >= 4 is 33.6 Å². The molecule has 1 saturated heterocycles. The van der Waals surface area contributed by atoms with E-state index < -0.39 is 5.60 Å². The Labute approximate surface area is 387 Å². The van der Waals surface area contributed by atoms with Gasteiger partial charge in [0.05, 0.1) is 10.5 Å². The second kappa shape index (κ2) is 18.0. The van der Waals surface area contributed by atoms with Crippen molar-refractivity contribution in [3.63, 3.8) is 0 Å². The molecule has 5 N–H and O–H groups in total. The second-order valence-corrected chi connectivity index (χ2v) is 18.9. The van der Waals surface area contributed by atoms with E-state index in [-0.39, 0.29) is 42.1 Å². The van der Waals surface area contributed by atoms with Crippen LogP contribution >= 0.6 is 15.9 Å². The number of anilines is 1. The lowest BCUT2D eigenvalue weighted by Gasteiger charge is -2.36. The highest BCUT2D eigenvalue weighted by molar-refractivity contribution is 9.10. The average molecular weight is 943 g/mol. The molecule has 338 valence electrons. The summed E-state index contributed by atoms with van der Waals surface area (Å²) in [5.41, 5.74) is 11.6. The van der Waals surface area contributed by atoms with E-state index in [9.17, 15) is 19.2 Å². The van der Waals surface area contributed by atoms with Crippen molar-refractivity contribution in [2.24, 2.45) is 0 Å². The number of allylic oxidation sites excluding steroid dienone is 1. The van der Waals surface area contributed by atoms with Crippen LogP contribution in [0.3, 0.4) is 0 Å². The fourth-order valence-corrected chi connectivity index (χ4v) is 9.77. The van der Waals surface area contributed by atoms with E-state index in [4.69, 9.17) is 14.5 Å². The topological polar surface area (TPSA) is 171 Å². The van der Waals surface area contributed by atoms with E-state index in [1.807, 2.05) is 84.1 Å². The number of carbonyl (C=O) groups is 2. The molecule has 2 atom stereocenters. The zero-order valence-electron chi connectivity index (χ0n) is 38.3.